The molecule has 4 nitrogen and oxygen atoms in total. The maximum Gasteiger partial charge on any atom is 0.330 e. The molecule has 2 N–H and O–H groups in total. The van der Waals surface area contributed by atoms with E-state index in [4.69, 9.17) is 4.74 Å². The minimum absolute atomic E-state index is 0.299. The number of ether oxygens (including phenoxy) is 1. The van der Waals surface area contributed by atoms with E-state index in [0.717, 1.165) is 0 Å². The summed E-state index contributed by atoms with van der Waals surface area (Å²) in [4.78, 5) is 11.5. The molecule has 0 bridgehead atoms. The minimum atomic E-state index is -1.12. The Morgan fingerprint density at radius 1 is 1.33 bits per heavy atom. The van der Waals surface area contributed by atoms with Gasteiger partial charge in [-0.3, -0.25) is 0 Å². The zero-order valence-corrected chi connectivity index (χ0v) is 12.7. The highest BCUT2D eigenvalue weighted by Gasteiger charge is 2.23. The van der Waals surface area contributed by atoms with Crippen LogP contribution < -0.4 is 10.1 Å². The van der Waals surface area contributed by atoms with Crippen molar-refractivity contribution in [1.82, 2.24) is 0 Å². The summed E-state index contributed by atoms with van der Waals surface area (Å²) >= 11 is 3.25. The van der Waals surface area contributed by atoms with Crippen molar-refractivity contribution in [2.75, 3.05) is 12.4 Å². The molecule has 0 aliphatic carbocycles. The number of carbonyl (C=O) groups is 1. The molecule has 0 heterocycles. The van der Waals surface area contributed by atoms with Crippen LogP contribution in [0.4, 0.5) is 10.1 Å². The van der Waals surface area contributed by atoms with Crippen molar-refractivity contribution >= 4 is 27.6 Å². The molecule has 110 valence electrons. The lowest BCUT2D eigenvalue weighted by Crippen LogP contribution is -2.21. The highest BCUT2D eigenvalue weighted by atomic mass is 79.9. The number of rotatable bonds is 5. The molecule has 1 unspecified atom stereocenters. The van der Waals surface area contributed by atoms with E-state index in [1.54, 1.807) is 24.3 Å². The molecule has 1 atom stereocenters. The number of para-hydroxylation sites is 2. The predicted octanol–water partition coefficient (Wildman–Crippen LogP) is 3.83. The smallest absolute Gasteiger partial charge is 0.330 e. The molecule has 0 saturated heterocycles. The third-order valence-electron chi connectivity index (χ3n) is 2.92. The highest BCUT2D eigenvalue weighted by Crippen LogP contribution is 2.31. The second kappa shape index (κ2) is 6.58. The average Bonchev–Trinajstić information content (AvgIpc) is 2.47. The molecule has 0 saturated carbocycles. The van der Waals surface area contributed by atoms with Crippen LogP contribution in [0, 0.1) is 5.82 Å². The van der Waals surface area contributed by atoms with Gasteiger partial charge in [-0.25, -0.2) is 9.18 Å². The molecule has 0 aliphatic rings. The molecule has 0 aromatic heterocycles. The van der Waals surface area contributed by atoms with Crippen LogP contribution in [0.25, 0.3) is 0 Å². The van der Waals surface area contributed by atoms with Crippen LogP contribution in [0.2, 0.25) is 0 Å². The molecular formula is C15H13BrFNO3. The monoisotopic (exact) mass is 353 g/mol. The van der Waals surface area contributed by atoms with Gasteiger partial charge < -0.3 is 15.2 Å². The van der Waals surface area contributed by atoms with E-state index in [0.29, 0.717) is 21.5 Å². The Morgan fingerprint density at radius 2 is 2.05 bits per heavy atom. The average molecular weight is 354 g/mol. The first-order valence-electron chi connectivity index (χ1n) is 6.10. The van der Waals surface area contributed by atoms with E-state index < -0.39 is 17.8 Å². The fourth-order valence-corrected chi connectivity index (χ4v) is 2.40. The maximum atomic E-state index is 13.4. The first kappa shape index (κ1) is 15.3. The Morgan fingerprint density at radius 3 is 2.71 bits per heavy atom. The Bertz CT molecular complexity index is 663. The standard InChI is InChI=1S/C15H13BrFNO3/c1-21-13-5-3-2-4-12(13)18-14(15(19)20)10-8-9(17)6-7-11(10)16/h2-8,14,18H,1H3,(H,19,20). The van der Waals surface area contributed by atoms with Gasteiger partial charge in [-0.2, -0.15) is 0 Å². The van der Waals surface area contributed by atoms with Crippen molar-refractivity contribution in [1.29, 1.82) is 0 Å². The summed E-state index contributed by atoms with van der Waals surface area (Å²) in [5, 5.41) is 12.3. The second-order valence-electron chi connectivity index (χ2n) is 4.28. The van der Waals surface area contributed by atoms with E-state index >= 15 is 0 Å². The number of halogens is 2. The summed E-state index contributed by atoms with van der Waals surface area (Å²) in [5.74, 6) is -1.11. The Labute approximate surface area is 129 Å². The SMILES string of the molecule is COc1ccccc1NC(C(=O)O)c1cc(F)ccc1Br. The van der Waals surface area contributed by atoms with Crippen LogP contribution in [0.1, 0.15) is 11.6 Å². The van der Waals surface area contributed by atoms with Gasteiger partial charge in [0, 0.05) is 10.0 Å². The first-order chi connectivity index (χ1) is 10.0. The van der Waals surface area contributed by atoms with Gasteiger partial charge in [-0.1, -0.05) is 28.1 Å². The second-order valence-corrected chi connectivity index (χ2v) is 5.14. The van der Waals surface area contributed by atoms with Crippen LogP contribution in [0.5, 0.6) is 5.75 Å². The number of aliphatic carboxylic acids is 1. The van der Waals surface area contributed by atoms with E-state index in [9.17, 15) is 14.3 Å². The number of anilines is 1. The Hall–Kier alpha value is -2.08. The quantitative estimate of drug-likeness (QED) is 0.857. The van der Waals surface area contributed by atoms with Crippen LogP contribution in [-0.4, -0.2) is 18.2 Å². The summed E-state index contributed by atoms with van der Waals surface area (Å²) in [6.07, 6.45) is 0. The van der Waals surface area contributed by atoms with Gasteiger partial charge in [0.1, 0.15) is 11.6 Å². The van der Waals surface area contributed by atoms with Crippen molar-refractivity contribution in [3.8, 4) is 5.75 Å². The van der Waals surface area contributed by atoms with Crippen molar-refractivity contribution in [3.05, 3.63) is 58.3 Å². The molecule has 6 heteroatoms. The topological polar surface area (TPSA) is 58.6 Å². The van der Waals surface area contributed by atoms with Gasteiger partial charge in [0.2, 0.25) is 0 Å². The molecule has 0 radical (unpaired) electrons. The molecule has 2 aromatic carbocycles. The van der Waals surface area contributed by atoms with E-state index in [-0.39, 0.29) is 0 Å². The molecule has 0 spiro atoms. The number of hydrogen-bond donors (Lipinski definition) is 2. The maximum absolute atomic E-state index is 13.4. The normalized spacial score (nSPS) is 11.8. The molecule has 2 aromatic rings. The van der Waals surface area contributed by atoms with Crippen LogP contribution in [0.15, 0.2) is 46.9 Å². The van der Waals surface area contributed by atoms with E-state index in [2.05, 4.69) is 21.2 Å². The lowest BCUT2D eigenvalue weighted by Gasteiger charge is -2.19. The summed E-state index contributed by atoms with van der Waals surface area (Å²) in [5.41, 5.74) is 0.817. The molecule has 0 fully saturated rings. The largest absolute Gasteiger partial charge is 0.495 e. The Balaban J connectivity index is 2.40. The summed E-state index contributed by atoms with van der Waals surface area (Å²) < 4.78 is 19.1. The molecular weight excluding hydrogens is 341 g/mol. The summed E-state index contributed by atoms with van der Waals surface area (Å²) in [6.45, 7) is 0. The van der Waals surface area contributed by atoms with Gasteiger partial charge in [0.25, 0.3) is 0 Å². The van der Waals surface area contributed by atoms with Crippen LogP contribution >= 0.6 is 15.9 Å². The predicted molar refractivity (Wildman–Crippen MR) is 81.1 cm³/mol. The number of hydrogen-bond acceptors (Lipinski definition) is 3. The highest BCUT2D eigenvalue weighted by molar-refractivity contribution is 9.10. The lowest BCUT2D eigenvalue weighted by molar-refractivity contribution is -0.138. The van der Waals surface area contributed by atoms with Crippen molar-refractivity contribution in [2.45, 2.75) is 6.04 Å². The summed E-state index contributed by atoms with van der Waals surface area (Å²) in [6, 6.07) is 9.75. The Kier molecular flexibility index (Phi) is 4.80. The number of methoxy groups -OCH3 is 1. The fraction of sp³-hybridized carbons (Fsp3) is 0.133. The number of benzene rings is 2. The molecule has 0 aliphatic heterocycles. The van der Waals surface area contributed by atoms with Crippen LogP contribution in [0.3, 0.4) is 0 Å². The van der Waals surface area contributed by atoms with Crippen molar-refractivity contribution in [2.24, 2.45) is 0 Å². The van der Waals surface area contributed by atoms with Crippen molar-refractivity contribution < 1.29 is 19.0 Å². The van der Waals surface area contributed by atoms with Gasteiger partial charge in [-0.15, -0.1) is 0 Å². The van der Waals surface area contributed by atoms with E-state index in [1.165, 1.54) is 25.3 Å². The first-order valence-corrected chi connectivity index (χ1v) is 6.89. The van der Waals surface area contributed by atoms with Gasteiger partial charge in [-0.05, 0) is 30.3 Å². The third-order valence-corrected chi connectivity index (χ3v) is 3.64. The van der Waals surface area contributed by atoms with Crippen molar-refractivity contribution in [3.63, 3.8) is 0 Å². The fourth-order valence-electron chi connectivity index (χ4n) is 1.93. The van der Waals surface area contributed by atoms with E-state index in [1.807, 2.05) is 0 Å². The zero-order valence-electron chi connectivity index (χ0n) is 11.1. The molecule has 0 amide bonds. The zero-order chi connectivity index (χ0) is 15.4. The lowest BCUT2D eigenvalue weighted by atomic mass is 10.1. The molecule has 21 heavy (non-hydrogen) atoms. The number of nitrogens with one attached hydrogen (secondary N) is 1. The van der Waals surface area contributed by atoms with Gasteiger partial charge >= 0.3 is 5.97 Å². The summed E-state index contributed by atoms with van der Waals surface area (Å²) in [7, 11) is 1.49. The van der Waals surface area contributed by atoms with Gasteiger partial charge in [0.05, 0.1) is 12.8 Å². The van der Waals surface area contributed by atoms with Crippen LogP contribution in [-0.2, 0) is 4.79 Å². The van der Waals surface area contributed by atoms with Gasteiger partial charge in [0.15, 0.2) is 6.04 Å². The molecule has 2 rings (SSSR count). The number of carboxylic acid groups (broad SMARTS) is 1. The number of carboxylic acids is 1. The third kappa shape index (κ3) is 3.52. The minimum Gasteiger partial charge on any atom is -0.495 e.